The van der Waals surface area contributed by atoms with Gasteiger partial charge in [0.15, 0.2) is 0 Å². The first kappa shape index (κ1) is 8.11. The van der Waals surface area contributed by atoms with Gasteiger partial charge in [0.1, 0.15) is 0 Å². The summed E-state index contributed by atoms with van der Waals surface area (Å²) in [5, 5.41) is 3.48. The summed E-state index contributed by atoms with van der Waals surface area (Å²) in [5.41, 5.74) is 4.83. The van der Waals surface area contributed by atoms with Crippen LogP contribution < -0.4 is 5.32 Å². The fourth-order valence-corrected chi connectivity index (χ4v) is 2.78. The largest absolute Gasteiger partial charge is 0.357 e. The van der Waals surface area contributed by atoms with E-state index in [9.17, 15) is 0 Å². The molecule has 0 saturated heterocycles. The van der Waals surface area contributed by atoms with Crippen LogP contribution in [0, 0.1) is 0 Å². The van der Waals surface area contributed by atoms with Gasteiger partial charge >= 0.3 is 0 Å². The molecule has 1 spiro atoms. The van der Waals surface area contributed by atoms with E-state index in [-0.39, 0.29) is 5.41 Å². The van der Waals surface area contributed by atoms with Crippen LogP contribution in [0.3, 0.4) is 0 Å². The monoisotopic (exact) mass is 206 g/mol. The maximum Gasteiger partial charge on any atom is 0.0988 e. The van der Waals surface area contributed by atoms with Crippen molar-refractivity contribution in [2.45, 2.75) is 5.41 Å². The third kappa shape index (κ3) is 0.735. The Kier molecular flexibility index (Phi) is 1.28. The SMILES string of the molecule is C1=CC2=CN=CC23C(=C1)Nc1ccccc13. The van der Waals surface area contributed by atoms with Gasteiger partial charge in [0, 0.05) is 23.8 Å². The quantitative estimate of drug-likeness (QED) is 0.693. The molecule has 2 heterocycles. The molecule has 4 rings (SSSR count). The molecule has 3 aliphatic rings. The van der Waals surface area contributed by atoms with Gasteiger partial charge in [0.25, 0.3) is 0 Å². The van der Waals surface area contributed by atoms with Crippen LogP contribution in [0.15, 0.2) is 65.0 Å². The number of nitrogens with one attached hydrogen (secondary N) is 1. The van der Waals surface area contributed by atoms with Gasteiger partial charge in [-0.1, -0.05) is 30.4 Å². The first-order valence-electron chi connectivity index (χ1n) is 5.42. The number of para-hydroxylation sites is 1. The van der Waals surface area contributed by atoms with Crippen molar-refractivity contribution < 1.29 is 0 Å². The fourth-order valence-electron chi connectivity index (χ4n) is 2.78. The van der Waals surface area contributed by atoms with E-state index in [0.717, 1.165) is 0 Å². The number of hydrogen-bond donors (Lipinski definition) is 1. The molecular weight excluding hydrogens is 196 g/mol. The predicted molar refractivity (Wildman–Crippen MR) is 65.5 cm³/mol. The second-order valence-electron chi connectivity index (χ2n) is 4.28. The first-order valence-corrected chi connectivity index (χ1v) is 5.42. The van der Waals surface area contributed by atoms with E-state index >= 15 is 0 Å². The van der Waals surface area contributed by atoms with Crippen molar-refractivity contribution in [3.8, 4) is 0 Å². The molecule has 2 nitrogen and oxygen atoms in total. The highest BCUT2D eigenvalue weighted by atomic mass is 15.0. The lowest BCUT2D eigenvalue weighted by molar-refractivity contribution is 0.875. The van der Waals surface area contributed by atoms with Crippen molar-refractivity contribution in [2.24, 2.45) is 4.99 Å². The summed E-state index contributed by atoms with van der Waals surface area (Å²) >= 11 is 0. The fraction of sp³-hybridized carbons (Fsp3) is 0.0714. The van der Waals surface area contributed by atoms with Crippen LogP contribution in [0.2, 0.25) is 0 Å². The average Bonchev–Trinajstić information content (AvgIpc) is 2.87. The zero-order chi connectivity index (χ0) is 10.6. The molecule has 0 bridgehead atoms. The second kappa shape index (κ2) is 2.53. The highest BCUT2D eigenvalue weighted by Gasteiger charge is 2.46. The number of allylic oxidation sites excluding steroid dienone is 4. The zero-order valence-electron chi connectivity index (χ0n) is 8.64. The van der Waals surface area contributed by atoms with Crippen LogP contribution in [0.5, 0.6) is 0 Å². The Morgan fingerprint density at radius 3 is 3.12 bits per heavy atom. The average molecular weight is 206 g/mol. The number of hydrogen-bond acceptors (Lipinski definition) is 2. The lowest BCUT2D eigenvalue weighted by atomic mass is 9.73. The van der Waals surface area contributed by atoms with Crippen molar-refractivity contribution >= 4 is 11.9 Å². The summed E-state index contributed by atoms with van der Waals surface area (Å²) < 4.78 is 0. The lowest BCUT2D eigenvalue weighted by Gasteiger charge is -2.27. The van der Waals surface area contributed by atoms with Gasteiger partial charge in [0.05, 0.1) is 5.41 Å². The van der Waals surface area contributed by atoms with Crippen LogP contribution in [0.25, 0.3) is 0 Å². The van der Waals surface area contributed by atoms with Gasteiger partial charge in [0.2, 0.25) is 0 Å². The smallest absolute Gasteiger partial charge is 0.0988 e. The molecule has 1 N–H and O–H groups in total. The standard InChI is InChI=1S/C14H10N2/c1-2-6-12-11(5-1)14-9-15-8-10(14)4-3-7-13(14)16-12/h1-9,16H. The van der Waals surface area contributed by atoms with Crippen LogP contribution >= 0.6 is 0 Å². The Morgan fingerprint density at radius 2 is 2.12 bits per heavy atom. The normalized spacial score (nSPS) is 27.8. The van der Waals surface area contributed by atoms with Crippen LogP contribution in [-0.2, 0) is 5.41 Å². The molecular formula is C14H10N2. The lowest BCUT2D eigenvalue weighted by Crippen LogP contribution is -2.29. The summed E-state index contributed by atoms with van der Waals surface area (Å²) in [7, 11) is 0. The Bertz CT molecular complexity index is 605. The molecule has 1 aromatic carbocycles. The van der Waals surface area contributed by atoms with E-state index in [2.05, 4.69) is 52.8 Å². The third-order valence-electron chi connectivity index (χ3n) is 3.52. The summed E-state index contributed by atoms with van der Waals surface area (Å²) in [4.78, 5) is 4.34. The van der Waals surface area contributed by atoms with E-state index in [1.54, 1.807) is 0 Å². The molecule has 1 unspecified atom stereocenters. The van der Waals surface area contributed by atoms with Crippen molar-refractivity contribution in [3.05, 3.63) is 65.5 Å². The summed E-state index contributed by atoms with van der Waals surface area (Å²) in [6.07, 6.45) is 10.3. The summed E-state index contributed by atoms with van der Waals surface area (Å²) in [5.74, 6) is 0. The van der Waals surface area contributed by atoms with E-state index < -0.39 is 0 Å². The van der Waals surface area contributed by atoms with Crippen LogP contribution in [0.1, 0.15) is 5.56 Å². The van der Waals surface area contributed by atoms with Gasteiger partial charge in [-0.2, -0.15) is 0 Å². The molecule has 1 aromatic rings. The first-order chi connectivity index (χ1) is 7.91. The van der Waals surface area contributed by atoms with E-state index in [0.29, 0.717) is 0 Å². The number of aliphatic imine (C=N–C) groups is 1. The molecule has 1 aliphatic carbocycles. The van der Waals surface area contributed by atoms with Crippen LogP contribution in [-0.4, -0.2) is 6.21 Å². The van der Waals surface area contributed by atoms with Crippen molar-refractivity contribution in [3.63, 3.8) is 0 Å². The van der Waals surface area contributed by atoms with Gasteiger partial charge in [-0.25, -0.2) is 0 Å². The molecule has 2 heteroatoms. The molecule has 0 aromatic heterocycles. The minimum absolute atomic E-state index is 0.134. The van der Waals surface area contributed by atoms with Gasteiger partial charge in [-0.3, -0.25) is 4.99 Å². The second-order valence-corrected chi connectivity index (χ2v) is 4.28. The number of rotatable bonds is 0. The van der Waals surface area contributed by atoms with Crippen molar-refractivity contribution in [2.75, 3.05) is 5.32 Å². The third-order valence-corrected chi connectivity index (χ3v) is 3.52. The van der Waals surface area contributed by atoms with Crippen molar-refractivity contribution in [1.29, 1.82) is 0 Å². The van der Waals surface area contributed by atoms with Gasteiger partial charge in [-0.15, -0.1) is 0 Å². The number of nitrogens with zero attached hydrogens (tertiary/aromatic N) is 1. The number of fused-ring (bicyclic) bond motifs is 1. The van der Waals surface area contributed by atoms with Gasteiger partial charge in [-0.05, 0) is 23.3 Å². The topological polar surface area (TPSA) is 24.4 Å². The molecule has 0 amide bonds. The van der Waals surface area contributed by atoms with Crippen LogP contribution in [0.4, 0.5) is 5.69 Å². The van der Waals surface area contributed by atoms with E-state index in [4.69, 9.17) is 0 Å². The van der Waals surface area contributed by atoms with Crippen molar-refractivity contribution in [1.82, 2.24) is 0 Å². The minimum atomic E-state index is -0.134. The van der Waals surface area contributed by atoms with E-state index in [1.165, 1.54) is 22.5 Å². The summed E-state index contributed by atoms with van der Waals surface area (Å²) in [6, 6.07) is 8.43. The zero-order valence-corrected chi connectivity index (χ0v) is 8.64. The Labute approximate surface area is 93.7 Å². The molecule has 1 atom stereocenters. The Balaban J connectivity index is 2.09. The van der Waals surface area contributed by atoms with Gasteiger partial charge < -0.3 is 5.32 Å². The van der Waals surface area contributed by atoms with E-state index in [1.807, 2.05) is 12.4 Å². The molecule has 0 saturated carbocycles. The molecule has 0 fully saturated rings. The highest BCUT2D eigenvalue weighted by Crippen LogP contribution is 2.50. The predicted octanol–water partition coefficient (Wildman–Crippen LogP) is 2.77. The maximum absolute atomic E-state index is 4.34. The summed E-state index contributed by atoms with van der Waals surface area (Å²) in [6.45, 7) is 0. The molecule has 76 valence electrons. The Hall–Kier alpha value is -2.09. The Morgan fingerprint density at radius 1 is 1.19 bits per heavy atom. The molecule has 0 radical (unpaired) electrons. The molecule has 16 heavy (non-hydrogen) atoms. The minimum Gasteiger partial charge on any atom is -0.357 e. The number of anilines is 1. The maximum atomic E-state index is 4.34. The molecule has 2 aliphatic heterocycles. The number of benzene rings is 1. The highest BCUT2D eigenvalue weighted by molar-refractivity contribution is 5.96.